The third-order valence-corrected chi connectivity index (χ3v) is 1.84. The smallest absolute Gasteiger partial charge is 0.327 e. The molecule has 0 heterocycles. The first-order chi connectivity index (χ1) is 6.90. The Balaban J connectivity index is 4.54. The number of amides is 1. The number of carboxylic acids is 2. The predicted molar refractivity (Wildman–Crippen MR) is 50.4 cm³/mol. The van der Waals surface area contributed by atoms with E-state index in [4.69, 9.17) is 10.2 Å². The van der Waals surface area contributed by atoms with E-state index in [1.54, 1.807) is 7.05 Å². The lowest BCUT2D eigenvalue weighted by Gasteiger charge is -2.23. The van der Waals surface area contributed by atoms with Crippen LogP contribution in [0.1, 0.15) is 6.42 Å². The summed E-state index contributed by atoms with van der Waals surface area (Å²) in [5.74, 6) is -3.05. The summed E-state index contributed by atoms with van der Waals surface area (Å²) in [5.41, 5.74) is 0. The highest BCUT2D eigenvalue weighted by Gasteiger charge is 2.28. The molecule has 0 fully saturated rings. The van der Waals surface area contributed by atoms with E-state index in [0.717, 1.165) is 4.90 Å². The number of hydrogen-bond donors (Lipinski definition) is 3. The number of rotatable bonds is 6. The summed E-state index contributed by atoms with van der Waals surface area (Å²) in [5, 5.41) is 19.8. The van der Waals surface area contributed by atoms with Crippen molar-refractivity contribution in [3.63, 3.8) is 0 Å². The Morgan fingerprint density at radius 3 is 2.20 bits per heavy atom. The maximum Gasteiger partial charge on any atom is 0.327 e. The van der Waals surface area contributed by atoms with Gasteiger partial charge in [0.25, 0.3) is 0 Å². The van der Waals surface area contributed by atoms with E-state index in [1.165, 1.54) is 7.05 Å². The van der Waals surface area contributed by atoms with Gasteiger partial charge in [0, 0.05) is 7.05 Å². The molecule has 0 radical (unpaired) electrons. The lowest BCUT2D eigenvalue weighted by molar-refractivity contribution is -0.153. The Labute approximate surface area is 86.7 Å². The lowest BCUT2D eigenvalue weighted by Crippen LogP contribution is -2.46. The van der Waals surface area contributed by atoms with Gasteiger partial charge in [-0.05, 0) is 7.05 Å². The van der Waals surface area contributed by atoms with Gasteiger partial charge in [-0.2, -0.15) is 0 Å². The van der Waals surface area contributed by atoms with Crippen molar-refractivity contribution >= 4 is 17.8 Å². The molecular formula is C8H14N2O5. The number of carbonyl (C=O) groups excluding carboxylic acids is 1. The molecule has 0 bridgehead atoms. The van der Waals surface area contributed by atoms with Gasteiger partial charge in [-0.1, -0.05) is 0 Å². The zero-order chi connectivity index (χ0) is 12.0. The highest BCUT2D eigenvalue weighted by Crippen LogP contribution is 2.03. The van der Waals surface area contributed by atoms with Crippen LogP contribution >= 0.6 is 0 Å². The number of hydrogen-bond acceptors (Lipinski definition) is 4. The van der Waals surface area contributed by atoms with Crippen LogP contribution in [0, 0.1) is 0 Å². The van der Waals surface area contributed by atoms with Crippen LogP contribution in [0.4, 0.5) is 0 Å². The van der Waals surface area contributed by atoms with Crippen LogP contribution in [0.2, 0.25) is 0 Å². The van der Waals surface area contributed by atoms with Gasteiger partial charge < -0.3 is 20.4 Å². The topological polar surface area (TPSA) is 107 Å². The van der Waals surface area contributed by atoms with Crippen LogP contribution in [-0.2, 0) is 14.4 Å². The third kappa shape index (κ3) is 4.41. The molecule has 86 valence electrons. The van der Waals surface area contributed by atoms with E-state index >= 15 is 0 Å². The fraction of sp³-hybridized carbons (Fsp3) is 0.625. The Hall–Kier alpha value is -1.63. The maximum absolute atomic E-state index is 11.3. The Bertz CT molecular complexity index is 266. The summed E-state index contributed by atoms with van der Waals surface area (Å²) >= 11 is 0. The van der Waals surface area contributed by atoms with Gasteiger partial charge >= 0.3 is 11.9 Å². The average Bonchev–Trinajstić information content (AvgIpc) is 2.12. The molecule has 0 saturated carbocycles. The van der Waals surface area contributed by atoms with Gasteiger partial charge in [0.05, 0.1) is 13.0 Å². The number of carboxylic acid groups (broad SMARTS) is 2. The summed E-state index contributed by atoms with van der Waals surface area (Å²) in [6.45, 7) is -0.0279. The Morgan fingerprint density at radius 1 is 1.33 bits per heavy atom. The minimum Gasteiger partial charge on any atom is -0.481 e. The second-order valence-electron chi connectivity index (χ2n) is 2.99. The van der Waals surface area contributed by atoms with Crippen molar-refractivity contribution in [2.45, 2.75) is 12.5 Å². The summed E-state index contributed by atoms with van der Waals surface area (Å²) in [6, 6.07) is -1.33. The average molecular weight is 218 g/mol. The second kappa shape index (κ2) is 5.97. The number of carbonyl (C=O) groups is 3. The van der Waals surface area contributed by atoms with E-state index in [-0.39, 0.29) is 6.54 Å². The van der Waals surface area contributed by atoms with Crippen LogP contribution < -0.4 is 5.32 Å². The molecule has 7 heteroatoms. The first-order valence-corrected chi connectivity index (χ1v) is 4.25. The van der Waals surface area contributed by atoms with Crippen LogP contribution in [0.25, 0.3) is 0 Å². The van der Waals surface area contributed by atoms with Crippen LogP contribution in [-0.4, -0.2) is 59.6 Å². The molecule has 1 amide bonds. The van der Waals surface area contributed by atoms with E-state index in [2.05, 4.69) is 5.32 Å². The van der Waals surface area contributed by atoms with Gasteiger partial charge in [0.15, 0.2) is 0 Å². The fourth-order valence-corrected chi connectivity index (χ4v) is 1.01. The van der Waals surface area contributed by atoms with E-state index in [0.29, 0.717) is 0 Å². The zero-order valence-electron chi connectivity index (χ0n) is 8.56. The van der Waals surface area contributed by atoms with Gasteiger partial charge in [0.1, 0.15) is 6.04 Å². The normalized spacial score (nSPS) is 11.9. The molecule has 0 aliphatic rings. The molecule has 0 saturated heterocycles. The molecule has 0 rings (SSSR count). The van der Waals surface area contributed by atoms with Crippen molar-refractivity contribution in [1.82, 2.24) is 10.2 Å². The quantitative estimate of drug-likeness (QED) is 0.505. The highest BCUT2D eigenvalue weighted by molar-refractivity contribution is 5.87. The van der Waals surface area contributed by atoms with Crippen molar-refractivity contribution < 1.29 is 24.6 Å². The highest BCUT2D eigenvalue weighted by atomic mass is 16.4. The molecule has 0 aromatic heterocycles. The van der Waals surface area contributed by atoms with E-state index in [9.17, 15) is 14.4 Å². The molecular weight excluding hydrogens is 204 g/mol. The number of aliphatic carboxylic acids is 2. The van der Waals surface area contributed by atoms with Gasteiger partial charge in [0.2, 0.25) is 5.91 Å². The molecule has 0 aromatic carbocycles. The summed E-state index contributed by atoms with van der Waals surface area (Å²) in [6.07, 6.45) is -0.610. The molecule has 1 atom stereocenters. The van der Waals surface area contributed by atoms with Crippen molar-refractivity contribution in [3.8, 4) is 0 Å². The van der Waals surface area contributed by atoms with Gasteiger partial charge in [-0.15, -0.1) is 0 Å². The number of likely N-dealkylation sites (N-methyl/N-ethyl adjacent to an activating group) is 2. The molecule has 0 aliphatic carbocycles. The van der Waals surface area contributed by atoms with Crippen LogP contribution in [0.5, 0.6) is 0 Å². The number of nitrogens with zero attached hydrogens (tertiary/aromatic N) is 1. The molecule has 0 spiro atoms. The van der Waals surface area contributed by atoms with E-state index in [1.807, 2.05) is 0 Å². The molecule has 0 aliphatic heterocycles. The van der Waals surface area contributed by atoms with Crippen LogP contribution in [0.15, 0.2) is 0 Å². The van der Waals surface area contributed by atoms with Gasteiger partial charge in [-0.3, -0.25) is 9.59 Å². The Kier molecular flexibility index (Phi) is 5.32. The van der Waals surface area contributed by atoms with Crippen LogP contribution in [0.3, 0.4) is 0 Å². The zero-order valence-corrected chi connectivity index (χ0v) is 8.56. The van der Waals surface area contributed by atoms with Crippen molar-refractivity contribution in [1.29, 1.82) is 0 Å². The monoisotopic (exact) mass is 218 g/mol. The summed E-state index contributed by atoms with van der Waals surface area (Å²) < 4.78 is 0. The van der Waals surface area contributed by atoms with E-state index < -0.39 is 30.3 Å². The summed E-state index contributed by atoms with van der Waals surface area (Å²) in [7, 11) is 2.81. The molecule has 3 N–H and O–H groups in total. The lowest BCUT2D eigenvalue weighted by atomic mass is 10.2. The third-order valence-electron chi connectivity index (χ3n) is 1.84. The largest absolute Gasteiger partial charge is 0.481 e. The predicted octanol–water partition coefficient (Wildman–Crippen LogP) is -1.41. The first-order valence-electron chi connectivity index (χ1n) is 4.25. The standard InChI is InChI=1S/C8H14N2O5/c1-9-4-6(11)10(2)5(8(14)15)3-7(12)13/h5,9H,3-4H2,1-2H3,(H,12,13)(H,14,15)/t5-/m0/s1. The first kappa shape index (κ1) is 13.4. The van der Waals surface area contributed by atoms with Crippen molar-refractivity contribution in [2.75, 3.05) is 20.6 Å². The maximum atomic E-state index is 11.3. The summed E-state index contributed by atoms with van der Waals surface area (Å²) in [4.78, 5) is 33.3. The number of nitrogens with one attached hydrogen (secondary N) is 1. The molecule has 15 heavy (non-hydrogen) atoms. The van der Waals surface area contributed by atoms with Crippen molar-refractivity contribution in [2.24, 2.45) is 0 Å². The molecule has 0 unspecified atom stereocenters. The second-order valence-corrected chi connectivity index (χ2v) is 2.99. The minimum absolute atomic E-state index is 0.0279. The fourth-order valence-electron chi connectivity index (χ4n) is 1.01. The minimum atomic E-state index is -1.33. The van der Waals surface area contributed by atoms with Gasteiger partial charge in [-0.25, -0.2) is 4.79 Å². The molecule has 7 nitrogen and oxygen atoms in total. The van der Waals surface area contributed by atoms with Crippen molar-refractivity contribution in [3.05, 3.63) is 0 Å². The molecule has 0 aromatic rings. The SMILES string of the molecule is CNCC(=O)N(C)[C@@H](CC(=O)O)C(=O)O. The Morgan fingerprint density at radius 2 is 1.87 bits per heavy atom.